The number of alkyl halides is 3. The highest BCUT2D eigenvalue weighted by atomic mass is 19.4. The van der Waals surface area contributed by atoms with Gasteiger partial charge in [0.05, 0.1) is 24.5 Å². The number of aliphatic hydroxyl groups excluding tert-OH is 2. The van der Waals surface area contributed by atoms with Crippen molar-refractivity contribution in [2.24, 2.45) is 0 Å². The number of benzene rings is 1. The van der Waals surface area contributed by atoms with Crippen molar-refractivity contribution in [3.63, 3.8) is 0 Å². The van der Waals surface area contributed by atoms with E-state index in [1.54, 1.807) is 32.2 Å². The zero-order valence-electron chi connectivity index (χ0n) is 14.9. The Morgan fingerprint density at radius 1 is 1.20 bits per heavy atom. The Kier molecular flexibility index (Phi) is 8.34. The number of ether oxygens (including phenoxy) is 1. The van der Waals surface area contributed by atoms with Gasteiger partial charge in [-0.05, 0) is 32.4 Å². The predicted molar refractivity (Wildman–Crippen MR) is 90.2 cm³/mol. The smallest absolute Gasteiger partial charge is 0.390 e. The maximum Gasteiger partial charge on any atom is 0.390 e. The molecule has 7 heteroatoms. The van der Waals surface area contributed by atoms with Crippen molar-refractivity contribution in [3.05, 3.63) is 35.9 Å². The highest BCUT2D eigenvalue weighted by Crippen LogP contribution is 2.40. The van der Waals surface area contributed by atoms with Gasteiger partial charge in [-0.25, -0.2) is 0 Å². The summed E-state index contributed by atoms with van der Waals surface area (Å²) in [6.45, 7) is 2.80. The molecule has 0 bridgehead atoms. The molecule has 0 aliphatic heterocycles. The van der Waals surface area contributed by atoms with Gasteiger partial charge in [0.15, 0.2) is 6.29 Å². The fourth-order valence-electron chi connectivity index (χ4n) is 2.98. The first kappa shape index (κ1) is 21.9. The first-order valence-corrected chi connectivity index (χ1v) is 8.42. The fraction of sp³-hybridized carbons (Fsp3) is 0.667. The molecule has 1 aromatic carbocycles. The highest BCUT2D eigenvalue weighted by Gasteiger charge is 2.49. The molecule has 0 aromatic heterocycles. The Hall–Kier alpha value is -1.15. The van der Waals surface area contributed by atoms with Gasteiger partial charge >= 0.3 is 6.18 Å². The van der Waals surface area contributed by atoms with Crippen LogP contribution in [0.2, 0.25) is 0 Å². The summed E-state index contributed by atoms with van der Waals surface area (Å²) >= 11 is 0. The average Bonchev–Trinajstić information content (AvgIpc) is 2.57. The van der Waals surface area contributed by atoms with E-state index in [-0.39, 0.29) is 11.6 Å². The molecule has 3 unspecified atom stereocenters. The van der Waals surface area contributed by atoms with E-state index in [1.165, 1.54) is 12.1 Å². The molecule has 4 nitrogen and oxygen atoms in total. The van der Waals surface area contributed by atoms with Crippen LogP contribution in [0.5, 0.6) is 0 Å². The molecule has 4 atom stereocenters. The van der Waals surface area contributed by atoms with Crippen molar-refractivity contribution < 1.29 is 28.1 Å². The molecule has 0 amide bonds. The van der Waals surface area contributed by atoms with Crippen LogP contribution in [0.4, 0.5) is 13.2 Å². The standard InChI is InChI=1S/C18H28F3NO3/c1-4-15(22-3)10-13(2)25-16(24)17(12-23,11-18(19,20)21)14-8-6-5-7-9-14/h5-9,13,15-16,22-24H,4,10-12H2,1-3H3/t13?,15-,16?,17?/m0/s1. The van der Waals surface area contributed by atoms with Crippen molar-refractivity contribution in [2.75, 3.05) is 13.7 Å². The van der Waals surface area contributed by atoms with Gasteiger partial charge < -0.3 is 20.3 Å². The van der Waals surface area contributed by atoms with E-state index in [0.717, 1.165) is 6.42 Å². The molecule has 0 saturated carbocycles. The lowest BCUT2D eigenvalue weighted by atomic mass is 9.77. The van der Waals surface area contributed by atoms with Crippen LogP contribution in [0.1, 0.15) is 38.7 Å². The molecule has 3 N–H and O–H groups in total. The topological polar surface area (TPSA) is 61.7 Å². The Bertz CT molecular complexity index is 494. The molecule has 0 aliphatic carbocycles. The molecule has 0 radical (unpaired) electrons. The highest BCUT2D eigenvalue weighted by molar-refractivity contribution is 5.27. The maximum atomic E-state index is 13.2. The Balaban J connectivity index is 3.06. The van der Waals surface area contributed by atoms with Gasteiger partial charge in [0.1, 0.15) is 0 Å². The Labute approximate surface area is 147 Å². The van der Waals surface area contributed by atoms with Crippen LogP contribution in [0.15, 0.2) is 30.3 Å². The van der Waals surface area contributed by atoms with E-state index in [2.05, 4.69) is 5.32 Å². The number of hydrogen-bond acceptors (Lipinski definition) is 4. The number of halogens is 3. The number of nitrogens with one attached hydrogen (secondary N) is 1. The molecule has 0 saturated heterocycles. The molecule has 144 valence electrons. The summed E-state index contributed by atoms with van der Waals surface area (Å²) in [6.07, 6.45) is -6.85. The van der Waals surface area contributed by atoms with E-state index in [4.69, 9.17) is 4.74 Å². The summed E-state index contributed by atoms with van der Waals surface area (Å²) in [4.78, 5) is 0. The van der Waals surface area contributed by atoms with Crippen LogP contribution >= 0.6 is 0 Å². The predicted octanol–water partition coefficient (Wildman–Crippen LogP) is 2.98. The molecule has 0 aliphatic rings. The third-order valence-electron chi connectivity index (χ3n) is 4.50. The molecule has 0 spiro atoms. The largest absolute Gasteiger partial charge is 0.395 e. The van der Waals surface area contributed by atoms with Gasteiger partial charge in [0.25, 0.3) is 0 Å². The summed E-state index contributed by atoms with van der Waals surface area (Å²) in [5, 5.41) is 23.4. The second kappa shape index (κ2) is 9.52. The molecule has 25 heavy (non-hydrogen) atoms. The van der Waals surface area contributed by atoms with Gasteiger partial charge in [-0.1, -0.05) is 37.3 Å². The second-order valence-electron chi connectivity index (χ2n) is 6.40. The minimum Gasteiger partial charge on any atom is -0.395 e. The second-order valence-corrected chi connectivity index (χ2v) is 6.40. The van der Waals surface area contributed by atoms with Crippen LogP contribution in [-0.4, -0.2) is 48.5 Å². The van der Waals surface area contributed by atoms with E-state index in [9.17, 15) is 23.4 Å². The summed E-state index contributed by atoms with van der Waals surface area (Å²) in [5.41, 5.74) is -1.77. The van der Waals surface area contributed by atoms with Crippen LogP contribution in [0.25, 0.3) is 0 Å². The fourth-order valence-corrected chi connectivity index (χ4v) is 2.98. The maximum absolute atomic E-state index is 13.2. The number of aliphatic hydroxyl groups is 2. The third kappa shape index (κ3) is 6.26. The van der Waals surface area contributed by atoms with Crippen molar-refractivity contribution in [2.45, 2.75) is 63.1 Å². The van der Waals surface area contributed by atoms with E-state index < -0.39 is 37.0 Å². The minimum atomic E-state index is -4.57. The van der Waals surface area contributed by atoms with Crippen LogP contribution in [0, 0.1) is 0 Å². The monoisotopic (exact) mass is 363 g/mol. The first-order valence-electron chi connectivity index (χ1n) is 8.42. The average molecular weight is 363 g/mol. The summed E-state index contributed by atoms with van der Waals surface area (Å²) in [7, 11) is 1.79. The SMILES string of the molecule is CC[C@@H](CC(C)OC(O)C(CO)(CC(F)(F)F)c1ccccc1)NC. The lowest BCUT2D eigenvalue weighted by Crippen LogP contribution is -2.49. The van der Waals surface area contributed by atoms with Crippen LogP contribution < -0.4 is 5.32 Å². The van der Waals surface area contributed by atoms with Gasteiger partial charge in [0, 0.05) is 6.04 Å². The van der Waals surface area contributed by atoms with Gasteiger partial charge in [-0.2, -0.15) is 13.2 Å². The normalized spacial score (nSPS) is 18.4. The van der Waals surface area contributed by atoms with E-state index in [1.807, 2.05) is 6.92 Å². The zero-order chi connectivity index (χ0) is 19.1. The zero-order valence-corrected chi connectivity index (χ0v) is 14.9. The van der Waals surface area contributed by atoms with Crippen molar-refractivity contribution in [3.8, 4) is 0 Å². The first-order chi connectivity index (χ1) is 11.7. The molecular formula is C18H28F3NO3. The van der Waals surface area contributed by atoms with Crippen LogP contribution in [0.3, 0.4) is 0 Å². The van der Waals surface area contributed by atoms with Gasteiger partial charge in [-0.15, -0.1) is 0 Å². The molecule has 0 heterocycles. The lowest BCUT2D eigenvalue weighted by molar-refractivity contribution is -0.222. The van der Waals surface area contributed by atoms with Crippen molar-refractivity contribution in [1.82, 2.24) is 5.32 Å². The van der Waals surface area contributed by atoms with Crippen molar-refractivity contribution >= 4 is 0 Å². The summed E-state index contributed by atoms with van der Waals surface area (Å²) in [6, 6.07) is 7.85. The molecule has 1 rings (SSSR count). The quantitative estimate of drug-likeness (QED) is 0.560. The summed E-state index contributed by atoms with van der Waals surface area (Å²) < 4.78 is 45.0. The number of hydrogen-bond donors (Lipinski definition) is 3. The number of rotatable bonds is 10. The molecule has 0 fully saturated rings. The minimum absolute atomic E-state index is 0.130. The summed E-state index contributed by atoms with van der Waals surface area (Å²) in [5.74, 6) is 0. The molecule has 1 aromatic rings. The van der Waals surface area contributed by atoms with E-state index in [0.29, 0.717) is 6.42 Å². The lowest BCUT2D eigenvalue weighted by Gasteiger charge is -2.38. The van der Waals surface area contributed by atoms with E-state index >= 15 is 0 Å². The Morgan fingerprint density at radius 3 is 2.24 bits per heavy atom. The van der Waals surface area contributed by atoms with Crippen molar-refractivity contribution in [1.29, 1.82) is 0 Å². The van der Waals surface area contributed by atoms with Gasteiger partial charge in [-0.3, -0.25) is 0 Å². The third-order valence-corrected chi connectivity index (χ3v) is 4.50. The van der Waals surface area contributed by atoms with Gasteiger partial charge in [0.2, 0.25) is 0 Å². The van der Waals surface area contributed by atoms with Crippen LogP contribution in [-0.2, 0) is 10.2 Å². The molecular weight excluding hydrogens is 335 g/mol. The Morgan fingerprint density at radius 2 is 1.80 bits per heavy atom.